The molecule has 6 nitrogen and oxygen atoms in total. The van der Waals surface area contributed by atoms with Crippen LogP contribution in [-0.4, -0.2) is 25.9 Å². The molecule has 0 aliphatic carbocycles. The van der Waals surface area contributed by atoms with Gasteiger partial charge in [0.15, 0.2) is 5.78 Å². The van der Waals surface area contributed by atoms with Gasteiger partial charge in [-0.15, -0.1) is 0 Å². The Balaban J connectivity index is 0.000000369. The predicted molar refractivity (Wildman–Crippen MR) is 165 cm³/mol. The zero-order valence-corrected chi connectivity index (χ0v) is 24.4. The molecule has 4 aromatic rings. The Morgan fingerprint density at radius 3 is 1.93 bits per heavy atom. The van der Waals surface area contributed by atoms with E-state index in [4.69, 9.17) is 14.2 Å². The summed E-state index contributed by atoms with van der Waals surface area (Å²) in [6.07, 6.45) is 0. The van der Waals surface area contributed by atoms with E-state index in [9.17, 15) is 14.0 Å². The normalized spacial score (nSPS) is 10.8. The largest absolute Gasteiger partial charge is 0.497 e. The molecule has 0 aliphatic heterocycles. The van der Waals surface area contributed by atoms with Gasteiger partial charge in [-0.25, -0.2) is 4.39 Å². The van der Waals surface area contributed by atoms with Crippen molar-refractivity contribution in [3.8, 4) is 11.5 Å². The summed E-state index contributed by atoms with van der Waals surface area (Å²) in [6, 6.07) is 27.3. The van der Waals surface area contributed by atoms with Gasteiger partial charge < -0.3 is 19.5 Å². The molecule has 4 aromatic carbocycles. The Morgan fingerprint density at radius 1 is 0.762 bits per heavy atom. The van der Waals surface area contributed by atoms with Crippen molar-refractivity contribution in [1.29, 1.82) is 0 Å². The number of aryl methyl sites for hydroxylation is 1. The van der Waals surface area contributed by atoms with Gasteiger partial charge in [-0.05, 0) is 93.1 Å². The van der Waals surface area contributed by atoms with E-state index in [0.29, 0.717) is 33.9 Å². The van der Waals surface area contributed by atoms with E-state index in [0.717, 1.165) is 22.6 Å². The maximum atomic E-state index is 13.0. The smallest absolute Gasteiger partial charge is 0.255 e. The van der Waals surface area contributed by atoms with Crippen molar-refractivity contribution in [2.75, 3.05) is 19.5 Å². The van der Waals surface area contributed by atoms with Gasteiger partial charge in [0.2, 0.25) is 0 Å². The number of carbonyl (C=O) groups is 2. The maximum Gasteiger partial charge on any atom is 0.255 e. The number of nitrogens with one attached hydrogen (secondary N) is 1. The molecule has 1 amide bonds. The van der Waals surface area contributed by atoms with Crippen LogP contribution in [0.5, 0.6) is 11.5 Å². The molecule has 0 radical (unpaired) electrons. The summed E-state index contributed by atoms with van der Waals surface area (Å²) < 4.78 is 29.2. The van der Waals surface area contributed by atoms with Gasteiger partial charge in [0, 0.05) is 28.0 Å². The lowest BCUT2D eigenvalue weighted by atomic mass is 10.1. The number of ether oxygens (including phenoxy) is 3. The maximum absolute atomic E-state index is 13.0. The molecule has 0 saturated carbocycles. The summed E-state index contributed by atoms with van der Waals surface area (Å²) in [5, 5.41) is 2.76. The highest BCUT2D eigenvalue weighted by atomic mass is 19.1. The molecular formula is C35H34FNO5. The third-order valence-corrected chi connectivity index (χ3v) is 6.30. The van der Waals surface area contributed by atoms with E-state index in [1.807, 2.05) is 55.5 Å². The van der Waals surface area contributed by atoms with E-state index in [1.54, 1.807) is 45.4 Å². The molecule has 216 valence electrons. The highest BCUT2D eigenvalue weighted by Crippen LogP contribution is 2.28. The molecule has 4 rings (SSSR count). The van der Waals surface area contributed by atoms with Crippen molar-refractivity contribution in [3.05, 3.63) is 137 Å². The predicted octanol–water partition coefficient (Wildman–Crippen LogP) is 8.10. The fourth-order valence-electron chi connectivity index (χ4n) is 3.81. The van der Waals surface area contributed by atoms with Gasteiger partial charge in [0.05, 0.1) is 14.2 Å². The Bertz CT molecular complexity index is 1560. The molecule has 0 unspecified atom stereocenters. The lowest BCUT2D eigenvalue weighted by Crippen LogP contribution is -2.11. The van der Waals surface area contributed by atoms with Crippen molar-refractivity contribution in [3.63, 3.8) is 0 Å². The first-order valence-electron chi connectivity index (χ1n) is 13.1. The molecule has 0 atom stereocenters. The Hall–Kier alpha value is -5.17. The van der Waals surface area contributed by atoms with Crippen molar-refractivity contribution in [2.45, 2.75) is 20.8 Å². The Kier molecular flexibility index (Phi) is 11.2. The van der Waals surface area contributed by atoms with Gasteiger partial charge in [0.1, 0.15) is 28.8 Å². The fourth-order valence-corrected chi connectivity index (χ4v) is 3.81. The van der Waals surface area contributed by atoms with Gasteiger partial charge in [0.25, 0.3) is 5.91 Å². The zero-order chi connectivity index (χ0) is 30.6. The molecular weight excluding hydrogens is 533 g/mol. The first-order valence-corrected chi connectivity index (χ1v) is 13.1. The monoisotopic (exact) mass is 567 g/mol. The summed E-state index contributed by atoms with van der Waals surface area (Å²) in [4.78, 5) is 24.3. The zero-order valence-electron chi connectivity index (χ0n) is 24.4. The van der Waals surface area contributed by atoms with Gasteiger partial charge in [-0.3, -0.25) is 9.59 Å². The van der Waals surface area contributed by atoms with Crippen LogP contribution in [0.15, 0.2) is 109 Å². The number of ketones is 1. The highest BCUT2D eigenvalue weighted by Gasteiger charge is 2.15. The van der Waals surface area contributed by atoms with Crippen LogP contribution in [-0.2, 0) is 9.53 Å². The summed E-state index contributed by atoms with van der Waals surface area (Å²) in [5.74, 6) is 1.71. The van der Waals surface area contributed by atoms with Crippen molar-refractivity contribution >= 4 is 28.9 Å². The molecule has 0 heterocycles. The molecule has 0 aliphatic rings. The van der Waals surface area contributed by atoms with Gasteiger partial charge >= 0.3 is 0 Å². The standard InChI is InChI=1S/C26H22FNO3.C9H12O2/c1-17(18(2)29)25(31-19(3)20-7-5-4-6-8-20)21-11-15-24(16-12-21)28-26(30)22-9-13-23(27)14-10-22;1-7-6-8(10-2)4-5-9(7)11-3/h4-16H,3H2,1-2H3,(H,28,30);4-6H,1-3H3/b25-17+;. The lowest BCUT2D eigenvalue weighted by Gasteiger charge is -2.16. The van der Waals surface area contributed by atoms with E-state index in [2.05, 4.69) is 11.9 Å². The number of carbonyl (C=O) groups excluding carboxylic acids is 2. The Labute approximate surface area is 246 Å². The average molecular weight is 568 g/mol. The molecule has 0 aromatic heterocycles. The van der Waals surface area contributed by atoms with Gasteiger partial charge in [-0.2, -0.15) is 0 Å². The van der Waals surface area contributed by atoms with E-state index in [-0.39, 0.29) is 11.7 Å². The van der Waals surface area contributed by atoms with Crippen LogP contribution in [0.4, 0.5) is 10.1 Å². The summed E-state index contributed by atoms with van der Waals surface area (Å²) in [5.41, 5.74) is 3.93. The first-order chi connectivity index (χ1) is 20.1. The summed E-state index contributed by atoms with van der Waals surface area (Å²) in [6.45, 7) is 9.13. The second-order valence-electron chi connectivity index (χ2n) is 9.28. The third kappa shape index (κ3) is 8.66. The van der Waals surface area contributed by atoms with Gasteiger partial charge in [-0.1, -0.05) is 36.9 Å². The third-order valence-electron chi connectivity index (χ3n) is 6.30. The van der Waals surface area contributed by atoms with Crippen LogP contribution < -0.4 is 14.8 Å². The number of halogens is 1. The molecule has 0 spiro atoms. The van der Waals surface area contributed by atoms with Crippen LogP contribution in [0.2, 0.25) is 0 Å². The topological polar surface area (TPSA) is 73.9 Å². The van der Waals surface area contributed by atoms with Crippen LogP contribution in [0.25, 0.3) is 11.5 Å². The number of anilines is 1. The van der Waals surface area contributed by atoms with E-state index < -0.39 is 5.82 Å². The second-order valence-corrected chi connectivity index (χ2v) is 9.28. The highest BCUT2D eigenvalue weighted by molar-refractivity contribution is 6.04. The lowest BCUT2D eigenvalue weighted by molar-refractivity contribution is -0.113. The molecule has 1 N–H and O–H groups in total. The number of allylic oxidation sites excluding steroid dienone is 1. The van der Waals surface area contributed by atoms with Crippen LogP contribution in [0, 0.1) is 12.7 Å². The number of benzene rings is 4. The fraction of sp³-hybridized carbons (Fsp3) is 0.143. The molecule has 0 bridgehead atoms. The second kappa shape index (κ2) is 15.0. The quantitative estimate of drug-likeness (QED) is 0.163. The molecule has 7 heteroatoms. The number of hydrogen-bond acceptors (Lipinski definition) is 5. The summed E-state index contributed by atoms with van der Waals surface area (Å²) >= 11 is 0. The van der Waals surface area contributed by atoms with E-state index in [1.165, 1.54) is 31.2 Å². The van der Waals surface area contributed by atoms with Crippen molar-refractivity contribution in [2.24, 2.45) is 0 Å². The van der Waals surface area contributed by atoms with Crippen molar-refractivity contribution < 1.29 is 28.2 Å². The van der Waals surface area contributed by atoms with Crippen LogP contribution >= 0.6 is 0 Å². The number of methoxy groups -OCH3 is 2. The number of Topliss-reactive ketones (excluding diaryl/α,β-unsaturated/α-hetero) is 1. The van der Waals surface area contributed by atoms with Crippen LogP contribution in [0.1, 0.15) is 40.9 Å². The minimum Gasteiger partial charge on any atom is -0.497 e. The molecule has 0 fully saturated rings. The summed E-state index contributed by atoms with van der Waals surface area (Å²) in [7, 11) is 3.32. The Morgan fingerprint density at radius 2 is 1.38 bits per heavy atom. The molecule has 0 saturated heterocycles. The van der Waals surface area contributed by atoms with Crippen molar-refractivity contribution in [1.82, 2.24) is 0 Å². The number of hydrogen-bond donors (Lipinski definition) is 1. The number of rotatable bonds is 9. The first kappa shape index (κ1) is 31.4. The minimum absolute atomic E-state index is 0.121. The van der Waals surface area contributed by atoms with Crippen LogP contribution in [0.3, 0.4) is 0 Å². The SMILES string of the molecule is C=C(O/C(=C(\C)C(C)=O)c1ccc(NC(=O)c2ccc(F)cc2)cc1)c1ccccc1.COc1ccc(OC)c(C)c1. The van der Waals surface area contributed by atoms with E-state index >= 15 is 0 Å². The average Bonchev–Trinajstić information content (AvgIpc) is 3.00. The number of amides is 1. The minimum atomic E-state index is -0.404. The molecule has 42 heavy (non-hydrogen) atoms.